The Morgan fingerprint density at radius 3 is 2.07 bits per heavy atom. The fraction of sp³-hybridized carbons (Fsp3) is 0.235. The summed E-state index contributed by atoms with van der Waals surface area (Å²) in [6.45, 7) is 0.305. The van der Waals surface area contributed by atoms with E-state index < -0.39 is 38.3 Å². The summed E-state index contributed by atoms with van der Waals surface area (Å²) in [5.41, 5.74) is -3.84. The van der Waals surface area contributed by atoms with Crippen LogP contribution in [0.15, 0.2) is 57.2 Å². The molecule has 0 aliphatic heterocycles. The number of amides is 1. The van der Waals surface area contributed by atoms with E-state index in [2.05, 4.69) is 0 Å². The molecule has 12 heteroatoms. The zero-order chi connectivity index (χ0) is 22.2. The van der Waals surface area contributed by atoms with Crippen LogP contribution in [0.25, 0.3) is 0 Å². The van der Waals surface area contributed by atoms with Crippen molar-refractivity contribution in [2.75, 3.05) is 11.6 Å². The number of anilines is 1. The maximum atomic E-state index is 12.7. The molecule has 2 atom stereocenters. The molecule has 2 aromatic carbocycles. The molecule has 2 N–H and O–H groups in total. The van der Waals surface area contributed by atoms with E-state index in [1.54, 1.807) is 0 Å². The number of carbonyl (C=O) groups is 1. The molecule has 0 heterocycles. The molecular weight excluding hydrogens is 455 g/mol. The molecule has 1 amide bonds. The lowest BCUT2D eigenvalue weighted by Gasteiger charge is -2.25. The summed E-state index contributed by atoms with van der Waals surface area (Å²) < 4.78 is 73.7. The van der Waals surface area contributed by atoms with E-state index in [1.807, 2.05) is 5.32 Å². The smallest absolute Gasteiger partial charge is 0.373 e. The quantitative estimate of drug-likeness (QED) is 0.700. The summed E-state index contributed by atoms with van der Waals surface area (Å²) in [5.74, 6) is -1.72. The zero-order valence-corrected chi connectivity index (χ0v) is 17.3. The number of benzene rings is 2. The molecule has 0 saturated heterocycles. The number of hydrogen-bond acceptors (Lipinski definition) is 5. The van der Waals surface area contributed by atoms with E-state index >= 15 is 0 Å². The Bertz CT molecular complexity index is 1070. The lowest BCUT2D eigenvalue weighted by atomic mass is 10.1. The van der Waals surface area contributed by atoms with E-state index in [-0.39, 0.29) is 25.4 Å². The second-order valence-electron chi connectivity index (χ2n) is 6.18. The first-order valence-corrected chi connectivity index (χ1v) is 11.2. The Morgan fingerprint density at radius 2 is 1.62 bits per heavy atom. The van der Waals surface area contributed by atoms with Gasteiger partial charge in [-0.25, -0.2) is 12.6 Å². The molecule has 0 fully saturated rings. The predicted octanol–water partition coefficient (Wildman–Crippen LogP) is 3.16. The first-order chi connectivity index (χ1) is 13.1. The van der Waals surface area contributed by atoms with Crippen LogP contribution in [0.3, 0.4) is 0 Å². The van der Waals surface area contributed by atoms with E-state index in [9.17, 15) is 35.7 Å². The van der Waals surface area contributed by atoms with Crippen molar-refractivity contribution >= 4 is 43.8 Å². The minimum absolute atomic E-state index is 0.0473. The number of halogens is 4. The molecule has 158 valence electrons. The predicted molar refractivity (Wildman–Crippen MR) is 101 cm³/mol. The average molecular weight is 470 g/mol. The van der Waals surface area contributed by atoms with Gasteiger partial charge < -0.3 is 10.4 Å². The zero-order valence-electron chi connectivity index (χ0n) is 15.0. The Morgan fingerprint density at radius 1 is 1.10 bits per heavy atom. The lowest BCUT2D eigenvalue weighted by Crippen LogP contribution is -2.52. The standard InChI is InChI=1S/C17H15ClF3NO5S2/c1-16(24,17(19,20)21)15(23)22-14-8-5-11(9-13(14)18)28(25)10-3-6-12(7-4-10)29(2,26)27/h3-9,24H,1-2H3,(H,22,23)/t16-,28?/m1/s1. The van der Waals surface area contributed by atoms with E-state index in [0.717, 1.165) is 12.3 Å². The molecule has 0 spiro atoms. The molecule has 0 aliphatic rings. The van der Waals surface area contributed by atoms with Gasteiger partial charge in [0, 0.05) is 16.0 Å². The number of alkyl halides is 3. The second-order valence-corrected chi connectivity index (χ2v) is 10.1. The van der Waals surface area contributed by atoms with Crippen LogP contribution in [0.4, 0.5) is 18.9 Å². The van der Waals surface area contributed by atoms with E-state index in [0.29, 0.717) is 6.92 Å². The Hall–Kier alpha value is -1.95. The third-order valence-corrected chi connectivity index (χ3v) is 6.69. The summed E-state index contributed by atoms with van der Waals surface area (Å²) in [5, 5.41) is 11.1. The van der Waals surface area contributed by atoms with Crippen molar-refractivity contribution in [2.24, 2.45) is 0 Å². The highest BCUT2D eigenvalue weighted by atomic mass is 35.5. The van der Waals surface area contributed by atoms with Gasteiger partial charge in [0.25, 0.3) is 5.91 Å². The number of nitrogens with one attached hydrogen (secondary N) is 1. The maximum Gasteiger partial charge on any atom is 0.426 e. The minimum Gasteiger partial charge on any atom is -0.373 e. The molecule has 1 unspecified atom stereocenters. The lowest BCUT2D eigenvalue weighted by molar-refractivity contribution is -0.242. The molecular formula is C17H15ClF3NO5S2. The van der Waals surface area contributed by atoms with Crippen molar-refractivity contribution in [1.29, 1.82) is 0 Å². The van der Waals surface area contributed by atoms with Crippen molar-refractivity contribution < 1.29 is 35.7 Å². The van der Waals surface area contributed by atoms with Gasteiger partial charge in [0.1, 0.15) is 0 Å². The Labute approximate surface area is 172 Å². The summed E-state index contributed by atoms with van der Waals surface area (Å²) >= 11 is 5.96. The van der Waals surface area contributed by atoms with Gasteiger partial charge in [0.05, 0.1) is 26.4 Å². The van der Waals surface area contributed by atoms with Crippen LogP contribution in [0, 0.1) is 0 Å². The van der Waals surface area contributed by atoms with Crippen LogP contribution in [0.1, 0.15) is 6.92 Å². The van der Waals surface area contributed by atoms with E-state index in [4.69, 9.17) is 11.6 Å². The van der Waals surface area contributed by atoms with Gasteiger partial charge in [-0.1, -0.05) is 11.6 Å². The van der Waals surface area contributed by atoms with Crippen LogP contribution in [-0.4, -0.2) is 41.7 Å². The largest absolute Gasteiger partial charge is 0.426 e. The highest BCUT2D eigenvalue weighted by Gasteiger charge is 2.55. The molecule has 0 bridgehead atoms. The molecule has 29 heavy (non-hydrogen) atoms. The van der Waals surface area contributed by atoms with Crippen molar-refractivity contribution in [1.82, 2.24) is 0 Å². The molecule has 0 aromatic heterocycles. The third-order valence-electron chi connectivity index (χ3n) is 3.86. The van der Waals surface area contributed by atoms with Gasteiger partial charge in [-0.15, -0.1) is 0 Å². The van der Waals surface area contributed by atoms with Crippen molar-refractivity contribution in [3.8, 4) is 0 Å². The van der Waals surface area contributed by atoms with E-state index in [1.165, 1.54) is 36.4 Å². The van der Waals surface area contributed by atoms with Crippen LogP contribution < -0.4 is 5.32 Å². The monoisotopic (exact) mass is 469 g/mol. The van der Waals surface area contributed by atoms with Crippen molar-refractivity contribution in [3.63, 3.8) is 0 Å². The molecule has 0 aliphatic carbocycles. The molecule has 6 nitrogen and oxygen atoms in total. The molecule has 2 rings (SSSR count). The van der Waals surface area contributed by atoms with Crippen molar-refractivity contribution in [3.05, 3.63) is 47.5 Å². The third kappa shape index (κ3) is 5.16. The topological polar surface area (TPSA) is 101 Å². The first kappa shape index (κ1) is 23.3. The summed E-state index contributed by atoms with van der Waals surface area (Å²) in [7, 11) is -5.18. The number of carbonyl (C=O) groups excluding carboxylic acids is 1. The molecule has 2 aromatic rings. The number of aliphatic hydroxyl groups is 1. The van der Waals surface area contributed by atoms with Crippen LogP contribution in [0.5, 0.6) is 0 Å². The highest BCUT2D eigenvalue weighted by Crippen LogP contribution is 2.33. The molecule has 0 saturated carbocycles. The summed E-state index contributed by atoms with van der Waals surface area (Å²) in [4.78, 5) is 12.2. The van der Waals surface area contributed by atoms with Crippen molar-refractivity contribution in [2.45, 2.75) is 33.4 Å². The number of sulfone groups is 1. The Kier molecular flexibility index (Phi) is 6.48. The molecule has 0 radical (unpaired) electrons. The van der Waals surface area contributed by atoms with Crippen LogP contribution in [0.2, 0.25) is 5.02 Å². The summed E-state index contributed by atoms with van der Waals surface area (Å²) in [6, 6.07) is 8.89. The maximum absolute atomic E-state index is 12.7. The summed E-state index contributed by atoms with van der Waals surface area (Å²) in [6.07, 6.45) is -4.16. The normalized spacial score (nSPS) is 15.4. The number of hydrogen-bond donors (Lipinski definition) is 2. The second kappa shape index (κ2) is 8.05. The minimum atomic E-state index is -5.19. The fourth-order valence-corrected chi connectivity index (χ4v) is 4.03. The van der Waals surface area contributed by atoms with Gasteiger partial charge in [0.2, 0.25) is 5.60 Å². The number of rotatable bonds is 5. The first-order valence-electron chi connectivity index (χ1n) is 7.76. The Balaban J connectivity index is 2.25. The fourth-order valence-electron chi connectivity index (χ4n) is 2.03. The van der Waals surface area contributed by atoms with Gasteiger partial charge in [-0.05, 0) is 49.4 Å². The van der Waals surface area contributed by atoms with Gasteiger partial charge >= 0.3 is 6.18 Å². The van der Waals surface area contributed by atoms with Crippen LogP contribution in [-0.2, 0) is 25.4 Å². The highest BCUT2D eigenvalue weighted by molar-refractivity contribution is 7.90. The average Bonchev–Trinajstić information content (AvgIpc) is 2.61. The van der Waals surface area contributed by atoms with Gasteiger partial charge in [-0.2, -0.15) is 13.2 Å². The van der Waals surface area contributed by atoms with Gasteiger partial charge in [-0.3, -0.25) is 4.79 Å². The van der Waals surface area contributed by atoms with Gasteiger partial charge in [0.15, 0.2) is 9.84 Å². The SMILES string of the molecule is C[C@@](O)(C(=O)Nc1ccc(S(=O)c2ccc(S(C)(=O)=O)cc2)cc1Cl)C(F)(F)F. The van der Waals surface area contributed by atoms with Crippen LogP contribution >= 0.6 is 11.6 Å².